The van der Waals surface area contributed by atoms with E-state index in [-0.39, 0.29) is 18.0 Å². The summed E-state index contributed by atoms with van der Waals surface area (Å²) >= 11 is 0. The molecule has 0 radical (unpaired) electrons. The average molecular weight is 94.1 g/mol. The lowest BCUT2D eigenvalue weighted by atomic mass is 10.3. The maximum atomic E-state index is 10.1. The summed E-state index contributed by atoms with van der Waals surface area (Å²) in [6, 6.07) is 0. The second kappa shape index (κ2) is 1.19. The third-order valence-corrected chi connectivity index (χ3v) is 0.662. The molecule has 0 amide bonds. The van der Waals surface area contributed by atoms with Gasteiger partial charge in [-0.3, -0.25) is 9.59 Å². The van der Waals surface area contributed by atoms with Gasteiger partial charge in [0.1, 0.15) is 0 Å². The predicted octanol–water partition coefficient (Wildman–Crippen LogP) is -0.468. The third-order valence-electron chi connectivity index (χ3n) is 0.662. The molecule has 0 heterocycles. The maximum Gasteiger partial charge on any atom is 0.214 e. The lowest BCUT2D eigenvalue weighted by molar-refractivity contribution is -0.120. The van der Waals surface area contributed by atoms with Gasteiger partial charge in [0.25, 0.3) is 0 Å². The fourth-order valence-electron chi connectivity index (χ4n) is 0.374. The maximum absolute atomic E-state index is 10.1. The summed E-state index contributed by atoms with van der Waals surface area (Å²) in [7, 11) is 0. The van der Waals surface area contributed by atoms with Crippen molar-refractivity contribution in [3.8, 4) is 11.8 Å². The standard InChI is InChI=1S/C5H2O2/c6-4-1-2-5(7)3-4/h3H2. The first-order valence-corrected chi connectivity index (χ1v) is 1.87. The Morgan fingerprint density at radius 1 is 1.14 bits per heavy atom. The Bertz CT molecular complexity index is 162. The van der Waals surface area contributed by atoms with Crippen LogP contribution in [0.2, 0.25) is 0 Å². The zero-order chi connectivity index (χ0) is 5.28. The van der Waals surface area contributed by atoms with Crippen molar-refractivity contribution in [3.05, 3.63) is 0 Å². The molecule has 0 N–H and O–H groups in total. The number of hydrogen-bond acceptors (Lipinski definition) is 2. The van der Waals surface area contributed by atoms with Gasteiger partial charge in [0.05, 0.1) is 6.42 Å². The van der Waals surface area contributed by atoms with Crippen LogP contribution in [0.15, 0.2) is 0 Å². The SMILES string of the molecule is O=C1C#CC(=O)C1. The van der Waals surface area contributed by atoms with Gasteiger partial charge in [-0.25, -0.2) is 0 Å². The Hall–Kier alpha value is -1.10. The summed E-state index contributed by atoms with van der Waals surface area (Å²) in [5.41, 5.74) is 0. The van der Waals surface area contributed by atoms with Crippen LogP contribution in [-0.4, -0.2) is 11.6 Å². The van der Waals surface area contributed by atoms with E-state index in [1.807, 2.05) is 0 Å². The topological polar surface area (TPSA) is 34.1 Å². The Kier molecular flexibility index (Phi) is 0.694. The van der Waals surface area contributed by atoms with Crippen molar-refractivity contribution in [2.75, 3.05) is 0 Å². The van der Waals surface area contributed by atoms with Crippen LogP contribution in [-0.2, 0) is 9.59 Å². The highest BCUT2D eigenvalue weighted by molar-refractivity contribution is 6.21. The predicted molar refractivity (Wildman–Crippen MR) is 22.4 cm³/mol. The van der Waals surface area contributed by atoms with Gasteiger partial charge in [-0.2, -0.15) is 0 Å². The highest BCUT2D eigenvalue weighted by Gasteiger charge is 2.09. The third kappa shape index (κ3) is 0.660. The van der Waals surface area contributed by atoms with E-state index in [2.05, 4.69) is 11.8 Å². The Morgan fingerprint density at radius 3 is 1.71 bits per heavy atom. The van der Waals surface area contributed by atoms with Crippen LogP contribution in [0.3, 0.4) is 0 Å². The van der Waals surface area contributed by atoms with Crippen molar-refractivity contribution in [2.45, 2.75) is 6.42 Å². The van der Waals surface area contributed by atoms with Crippen LogP contribution in [0.25, 0.3) is 0 Å². The van der Waals surface area contributed by atoms with E-state index in [4.69, 9.17) is 0 Å². The molecule has 7 heavy (non-hydrogen) atoms. The van der Waals surface area contributed by atoms with E-state index in [1.54, 1.807) is 0 Å². The van der Waals surface area contributed by atoms with Crippen LogP contribution in [0.1, 0.15) is 6.42 Å². The zero-order valence-electron chi connectivity index (χ0n) is 3.52. The van der Waals surface area contributed by atoms with Gasteiger partial charge in [-0.15, -0.1) is 0 Å². The molecule has 0 aromatic rings. The first-order chi connectivity index (χ1) is 3.29. The molecule has 0 unspecified atom stereocenters. The first kappa shape index (κ1) is 4.07. The van der Waals surface area contributed by atoms with Crippen LogP contribution in [0, 0.1) is 11.8 Å². The zero-order valence-corrected chi connectivity index (χ0v) is 3.52. The monoisotopic (exact) mass is 94.0 g/mol. The average Bonchev–Trinajstić information content (AvgIpc) is 1.87. The number of hydrogen-bond donors (Lipinski definition) is 0. The number of Topliss-reactive ketones (excluding diaryl/α,β-unsaturated/α-hetero) is 2. The molecule has 0 saturated carbocycles. The molecule has 0 fully saturated rings. The highest BCUT2D eigenvalue weighted by atomic mass is 16.1. The molecule has 0 aliphatic heterocycles. The summed E-state index contributed by atoms with van der Waals surface area (Å²) in [5, 5.41) is 0. The number of carbonyl (C=O) groups is 2. The summed E-state index contributed by atoms with van der Waals surface area (Å²) < 4.78 is 0. The van der Waals surface area contributed by atoms with Crippen molar-refractivity contribution in [2.24, 2.45) is 0 Å². The molecule has 34 valence electrons. The van der Waals surface area contributed by atoms with Gasteiger partial charge in [0.15, 0.2) is 0 Å². The van der Waals surface area contributed by atoms with Gasteiger partial charge in [-0.05, 0) is 11.8 Å². The molecule has 2 nitrogen and oxygen atoms in total. The molecule has 2 heteroatoms. The second-order valence-electron chi connectivity index (χ2n) is 1.27. The van der Waals surface area contributed by atoms with Gasteiger partial charge < -0.3 is 0 Å². The summed E-state index contributed by atoms with van der Waals surface area (Å²) in [6.07, 6.45) is -0.0278. The van der Waals surface area contributed by atoms with E-state index < -0.39 is 0 Å². The Morgan fingerprint density at radius 2 is 1.57 bits per heavy atom. The summed E-state index contributed by atoms with van der Waals surface area (Å²) in [4.78, 5) is 20.1. The van der Waals surface area contributed by atoms with Crippen molar-refractivity contribution in [1.82, 2.24) is 0 Å². The lowest BCUT2D eigenvalue weighted by Gasteiger charge is -1.70. The van der Waals surface area contributed by atoms with Crippen molar-refractivity contribution < 1.29 is 9.59 Å². The van der Waals surface area contributed by atoms with E-state index in [1.165, 1.54) is 0 Å². The number of rotatable bonds is 0. The smallest absolute Gasteiger partial charge is 0.214 e. The quantitative estimate of drug-likeness (QED) is 0.231. The summed E-state index contributed by atoms with van der Waals surface area (Å²) in [6.45, 7) is 0. The van der Waals surface area contributed by atoms with Crippen LogP contribution in [0.4, 0.5) is 0 Å². The molecule has 0 spiro atoms. The van der Waals surface area contributed by atoms with Crippen LogP contribution < -0.4 is 0 Å². The molecular weight excluding hydrogens is 92.1 g/mol. The second-order valence-corrected chi connectivity index (χ2v) is 1.27. The minimum atomic E-state index is -0.259. The van der Waals surface area contributed by atoms with Crippen LogP contribution >= 0.6 is 0 Å². The fourth-order valence-corrected chi connectivity index (χ4v) is 0.374. The summed E-state index contributed by atoms with van der Waals surface area (Å²) in [5.74, 6) is 3.74. The van der Waals surface area contributed by atoms with Gasteiger partial charge >= 0.3 is 0 Å². The molecule has 1 rings (SSSR count). The van der Waals surface area contributed by atoms with Gasteiger partial charge in [-0.1, -0.05) is 0 Å². The molecule has 0 bridgehead atoms. The Labute approximate surface area is 40.5 Å². The van der Waals surface area contributed by atoms with Crippen LogP contribution in [0.5, 0.6) is 0 Å². The van der Waals surface area contributed by atoms with E-state index in [0.717, 1.165) is 0 Å². The fraction of sp³-hybridized carbons (Fsp3) is 0.200. The highest BCUT2D eigenvalue weighted by Crippen LogP contribution is 1.89. The van der Waals surface area contributed by atoms with E-state index in [9.17, 15) is 9.59 Å². The molecule has 0 aromatic heterocycles. The van der Waals surface area contributed by atoms with Gasteiger partial charge in [0.2, 0.25) is 11.6 Å². The van der Waals surface area contributed by atoms with Crippen molar-refractivity contribution in [1.29, 1.82) is 0 Å². The van der Waals surface area contributed by atoms with Crippen molar-refractivity contribution in [3.63, 3.8) is 0 Å². The molecule has 0 aromatic carbocycles. The Balaban J connectivity index is 2.84. The lowest BCUT2D eigenvalue weighted by Crippen LogP contribution is -1.92. The largest absolute Gasteiger partial charge is 0.284 e. The molecule has 1 aliphatic carbocycles. The molecule has 0 atom stereocenters. The van der Waals surface area contributed by atoms with E-state index in [0.29, 0.717) is 0 Å². The molecule has 0 saturated heterocycles. The first-order valence-electron chi connectivity index (χ1n) is 1.87. The van der Waals surface area contributed by atoms with Gasteiger partial charge in [0, 0.05) is 0 Å². The number of carbonyl (C=O) groups excluding carboxylic acids is 2. The normalized spacial score (nSPS) is 16.6. The molecular formula is C5H2O2. The minimum Gasteiger partial charge on any atom is -0.284 e. The number of ketones is 2. The minimum absolute atomic E-state index is 0.0278. The molecule has 1 aliphatic rings. The van der Waals surface area contributed by atoms with Crippen molar-refractivity contribution >= 4 is 11.6 Å². The van der Waals surface area contributed by atoms with E-state index >= 15 is 0 Å².